The van der Waals surface area contributed by atoms with Gasteiger partial charge in [-0.3, -0.25) is 10.5 Å². The van der Waals surface area contributed by atoms with Gasteiger partial charge in [0.25, 0.3) is 0 Å². The molecule has 0 saturated heterocycles. The lowest BCUT2D eigenvalue weighted by atomic mass is 9.90. The van der Waals surface area contributed by atoms with E-state index in [0.717, 1.165) is 18.5 Å². The van der Waals surface area contributed by atoms with E-state index in [4.69, 9.17) is 10.6 Å². The van der Waals surface area contributed by atoms with Gasteiger partial charge >= 0.3 is 0 Å². The molecule has 1 atom stereocenters. The molecule has 1 fully saturated rings. The van der Waals surface area contributed by atoms with Crippen LogP contribution in [0.5, 0.6) is 0 Å². The van der Waals surface area contributed by atoms with Gasteiger partial charge in [-0.2, -0.15) is 5.10 Å². The second-order valence-electron chi connectivity index (χ2n) is 4.46. The molecule has 90 valence electrons. The van der Waals surface area contributed by atoms with Crippen molar-refractivity contribution in [1.29, 1.82) is 0 Å². The molecule has 3 N–H and O–H groups in total. The van der Waals surface area contributed by atoms with Crippen molar-refractivity contribution < 1.29 is 4.74 Å². The summed E-state index contributed by atoms with van der Waals surface area (Å²) in [4.78, 5) is 0. The summed E-state index contributed by atoms with van der Waals surface area (Å²) in [5, 5.41) is 4.19. The van der Waals surface area contributed by atoms with E-state index in [1.54, 1.807) is 13.3 Å². The van der Waals surface area contributed by atoms with Crippen LogP contribution in [0.4, 0.5) is 0 Å². The number of nitrogens with zero attached hydrogens (tertiary/aromatic N) is 2. The van der Waals surface area contributed by atoms with Gasteiger partial charge in [-0.25, -0.2) is 5.43 Å². The monoisotopic (exact) mass is 224 g/mol. The molecular formula is C11H20N4O. The van der Waals surface area contributed by atoms with Gasteiger partial charge in [-0.1, -0.05) is 12.8 Å². The summed E-state index contributed by atoms with van der Waals surface area (Å²) in [6.45, 7) is 0. The molecule has 1 aromatic heterocycles. The molecule has 0 aliphatic heterocycles. The van der Waals surface area contributed by atoms with Crippen LogP contribution in [0.1, 0.15) is 37.4 Å². The summed E-state index contributed by atoms with van der Waals surface area (Å²) in [5.74, 6) is 5.70. The zero-order valence-corrected chi connectivity index (χ0v) is 9.94. The maximum Gasteiger partial charge on any atom is 0.0918 e. The van der Waals surface area contributed by atoms with E-state index < -0.39 is 0 Å². The largest absolute Gasteiger partial charge is 0.376 e. The van der Waals surface area contributed by atoms with Crippen LogP contribution >= 0.6 is 0 Å². The molecule has 16 heavy (non-hydrogen) atoms. The smallest absolute Gasteiger partial charge is 0.0918 e. The summed E-state index contributed by atoms with van der Waals surface area (Å²) in [7, 11) is 3.70. The second-order valence-corrected chi connectivity index (χ2v) is 4.46. The lowest BCUT2D eigenvalue weighted by Crippen LogP contribution is -2.47. The number of methoxy groups -OCH3 is 1. The number of nitrogens with one attached hydrogen (secondary N) is 1. The third-order valence-corrected chi connectivity index (χ3v) is 3.70. The Kier molecular flexibility index (Phi) is 3.28. The van der Waals surface area contributed by atoms with E-state index in [9.17, 15) is 0 Å². The van der Waals surface area contributed by atoms with Crippen molar-refractivity contribution in [3.05, 3.63) is 18.0 Å². The number of rotatable bonds is 4. The predicted molar refractivity (Wildman–Crippen MR) is 61.5 cm³/mol. The van der Waals surface area contributed by atoms with Gasteiger partial charge in [-0.05, 0) is 18.9 Å². The van der Waals surface area contributed by atoms with E-state index in [1.165, 1.54) is 12.8 Å². The Bertz CT molecular complexity index is 344. The Hall–Kier alpha value is -0.910. The highest BCUT2D eigenvalue weighted by Gasteiger charge is 2.43. The fourth-order valence-corrected chi connectivity index (χ4v) is 2.76. The van der Waals surface area contributed by atoms with Crippen molar-refractivity contribution in [2.45, 2.75) is 37.3 Å². The SMILES string of the molecule is COC1(C(NN)c2ccnn2C)CCCC1. The van der Waals surface area contributed by atoms with Crippen LogP contribution in [-0.4, -0.2) is 22.5 Å². The molecule has 1 saturated carbocycles. The number of hydrazine groups is 1. The molecule has 0 aromatic carbocycles. The summed E-state index contributed by atoms with van der Waals surface area (Å²) < 4.78 is 7.60. The highest BCUT2D eigenvalue weighted by Crippen LogP contribution is 2.41. The van der Waals surface area contributed by atoms with Crippen molar-refractivity contribution in [2.75, 3.05) is 7.11 Å². The van der Waals surface area contributed by atoms with E-state index in [2.05, 4.69) is 10.5 Å². The molecule has 1 heterocycles. The summed E-state index contributed by atoms with van der Waals surface area (Å²) in [6.07, 6.45) is 6.28. The van der Waals surface area contributed by atoms with Crippen LogP contribution in [0.15, 0.2) is 12.3 Å². The number of nitrogens with two attached hydrogens (primary N) is 1. The molecule has 0 spiro atoms. The molecular weight excluding hydrogens is 204 g/mol. The van der Waals surface area contributed by atoms with Crippen molar-refractivity contribution in [1.82, 2.24) is 15.2 Å². The Morgan fingerprint density at radius 3 is 2.69 bits per heavy atom. The maximum absolute atomic E-state index is 5.75. The minimum absolute atomic E-state index is 0.00694. The lowest BCUT2D eigenvalue weighted by molar-refractivity contribution is -0.0388. The Morgan fingerprint density at radius 2 is 2.25 bits per heavy atom. The quantitative estimate of drug-likeness (QED) is 0.588. The van der Waals surface area contributed by atoms with Crippen molar-refractivity contribution in [3.63, 3.8) is 0 Å². The average molecular weight is 224 g/mol. The first-order valence-electron chi connectivity index (χ1n) is 5.73. The average Bonchev–Trinajstić information content (AvgIpc) is 2.91. The van der Waals surface area contributed by atoms with Crippen LogP contribution in [0, 0.1) is 0 Å². The van der Waals surface area contributed by atoms with Crippen LogP contribution < -0.4 is 11.3 Å². The first-order valence-corrected chi connectivity index (χ1v) is 5.73. The Labute approximate surface area is 95.9 Å². The van der Waals surface area contributed by atoms with Gasteiger partial charge < -0.3 is 4.74 Å². The summed E-state index contributed by atoms with van der Waals surface area (Å²) in [6, 6.07) is 2.00. The first kappa shape index (κ1) is 11.6. The molecule has 0 radical (unpaired) electrons. The molecule has 1 aromatic rings. The number of hydrogen-bond acceptors (Lipinski definition) is 4. The molecule has 2 rings (SSSR count). The van der Waals surface area contributed by atoms with Crippen molar-refractivity contribution in [3.8, 4) is 0 Å². The number of hydrogen-bond donors (Lipinski definition) is 2. The maximum atomic E-state index is 5.75. The molecule has 1 aliphatic carbocycles. The van der Waals surface area contributed by atoms with Gasteiger partial charge in [0.2, 0.25) is 0 Å². The highest BCUT2D eigenvalue weighted by molar-refractivity contribution is 5.14. The third-order valence-electron chi connectivity index (χ3n) is 3.70. The van der Waals surface area contributed by atoms with Crippen LogP contribution in [0.3, 0.4) is 0 Å². The lowest BCUT2D eigenvalue weighted by Gasteiger charge is -2.35. The van der Waals surface area contributed by atoms with Crippen molar-refractivity contribution >= 4 is 0 Å². The predicted octanol–water partition coefficient (Wildman–Crippen LogP) is 0.884. The fraction of sp³-hybridized carbons (Fsp3) is 0.727. The second kappa shape index (κ2) is 4.53. The fourth-order valence-electron chi connectivity index (χ4n) is 2.76. The highest BCUT2D eigenvalue weighted by atomic mass is 16.5. The van der Waals surface area contributed by atoms with Crippen molar-refractivity contribution in [2.24, 2.45) is 12.9 Å². The Balaban J connectivity index is 2.31. The Morgan fingerprint density at radius 1 is 1.56 bits per heavy atom. The topological polar surface area (TPSA) is 65.1 Å². The molecule has 5 heteroatoms. The van der Waals surface area contributed by atoms with Crippen LogP contribution in [0.2, 0.25) is 0 Å². The summed E-state index contributed by atoms with van der Waals surface area (Å²) in [5.41, 5.74) is 3.79. The number of ether oxygens (including phenoxy) is 1. The van der Waals surface area contributed by atoms with Gasteiger partial charge in [0.15, 0.2) is 0 Å². The van der Waals surface area contributed by atoms with Gasteiger partial charge in [-0.15, -0.1) is 0 Å². The molecule has 1 unspecified atom stereocenters. The normalized spacial score (nSPS) is 21.2. The zero-order valence-electron chi connectivity index (χ0n) is 9.94. The van der Waals surface area contributed by atoms with Gasteiger partial charge in [0, 0.05) is 20.4 Å². The van der Waals surface area contributed by atoms with Crippen LogP contribution in [0.25, 0.3) is 0 Å². The number of aromatic nitrogens is 2. The standard InChI is InChI=1S/C11H20N4O/c1-15-9(5-8-13-15)10(14-12)11(16-2)6-3-4-7-11/h5,8,10,14H,3-4,6-7,12H2,1-2H3. The minimum Gasteiger partial charge on any atom is -0.376 e. The van der Waals surface area contributed by atoms with E-state index >= 15 is 0 Å². The summed E-state index contributed by atoms with van der Waals surface area (Å²) >= 11 is 0. The van der Waals surface area contributed by atoms with E-state index in [0.29, 0.717) is 0 Å². The third kappa shape index (κ3) is 1.75. The molecule has 0 amide bonds. The molecule has 5 nitrogen and oxygen atoms in total. The van der Waals surface area contributed by atoms with Gasteiger partial charge in [0.05, 0.1) is 17.3 Å². The van der Waals surface area contributed by atoms with E-state index in [-0.39, 0.29) is 11.6 Å². The molecule has 0 bridgehead atoms. The van der Waals surface area contributed by atoms with E-state index in [1.807, 2.05) is 17.8 Å². The molecule has 1 aliphatic rings. The minimum atomic E-state index is -0.178. The first-order chi connectivity index (χ1) is 7.73. The zero-order chi connectivity index (χ0) is 11.6. The van der Waals surface area contributed by atoms with Crippen LogP contribution in [-0.2, 0) is 11.8 Å². The van der Waals surface area contributed by atoms with Gasteiger partial charge in [0.1, 0.15) is 0 Å². The number of aryl methyl sites for hydroxylation is 1.